The molecule has 2 nitrogen and oxygen atoms in total. The summed E-state index contributed by atoms with van der Waals surface area (Å²) in [6.07, 6.45) is 0.933. The van der Waals surface area contributed by atoms with E-state index in [1.165, 1.54) is 12.1 Å². The van der Waals surface area contributed by atoms with Crippen molar-refractivity contribution in [2.45, 2.75) is 25.3 Å². The fraction of sp³-hybridized carbons (Fsp3) is 0.600. The van der Waals surface area contributed by atoms with Crippen molar-refractivity contribution in [1.29, 1.82) is 0 Å². The lowest BCUT2D eigenvalue weighted by molar-refractivity contribution is -0.0479. The topological polar surface area (TPSA) is 15.3 Å². The van der Waals surface area contributed by atoms with Crippen molar-refractivity contribution in [3.63, 3.8) is 0 Å². The molecule has 1 aromatic rings. The van der Waals surface area contributed by atoms with Gasteiger partial charge in [-0.25, -0.2) is 0 Å². The second-order valence-corrected chi connectivity index (χ2v) is 5.47. The van der Waals surface area contributed by atoms with Gasteiger partial charge >= 0.3 is 0 Å². The SMILES string of the molecule is CNC1CCN(CC(F)(F)c2ccccc2)CC1C. The molecule has 4 heteroatoms. The van der Waals surface area contributed by atoms with Crippen molar-refractivity contribution in [1.82, 2.24) is 10.2 Å². The van der Waals surface area contributed by atoms with E-state index in [-0.39, 0.29) is 12.1 Å². The lowest BCUT2D eigenvalue weighted by atomic mass is 9.93. The first-order valence-corrected chi connectivity index (χ1v) is 6.86. The van der Waals surface area contributed by atoms with E-state index in [1.54, 1.807) is 18.2 Å². The van der Waals surface area contributed by atoms with Gasteiger partial charge in [-0.1, -0.05) is 37.3 Å². The van der Waals surface area contributed by atoms with Gasteiger partial charge in [0.25, 0.3) is 5.92 Å². The van der Waals surface area contributed by atoms with Gasteiger partial charge in [-0.2, -0.15) is 8.78 Å². The lowest BCUT2D eigenvalue weighted by Crippen LogP contribution is -2.49. The molecular formula is C15H22F2N2. The zero-order chi connectivity index (χ0) is 13.9. The summed E-state index contributed by atoms with van der Waals surface area (Å²) in [7, 11) is 1.94. The molecule has 0 radical (unpaired) electrons. The van der Waals surface area contributed by atoms with Gasteiger partial charge in [0.15, 0.2) is 0 Å². The Hall–Kier alpha value is -1.00. The summed E-state index contributed by atoms with van der Waals surface area (Å²) in [4.78, 5) is 1.88. The van der Waals surface area contributed by atoms with Crippen LogP contribution in [-0.2, 0) is 5.92 Å². The summed E-state index contributed by atoms with van der Waals surface area (Å²) in [6, 6.07) is 8.55. The van der Waals surface area contributed by atoms with Crippen LogP contribution in [0.4, 0.5) is 8.78 Å². The van der Waals surface area contributed by atoms with Crippen LogP contribution in [-0.4, -0.2) is 37.6 Å². The van der Waals surface area contributed by atoms with Crippen LogP contribution in [0.3, 0.4) is 0 Å². The highest BCUT2D eigenvalue weighted by Gasteiger charge is 2.36. The van der Waals surface area contributed by atoms with Crippen molar-refractivity contribution in [2.75, 3.05) is 26.7 Å². The lowest BCUT2D eigenvalue weighted by Gasteiger charge is -2.38. The molecule has 2 rings (SSSR count). The maximum Gasteiger partial charge on any atom is 0.285 e. The highest BCUT2D eigenvalue weighted by atomic mass is 19.3. The predicted octanol–water partition coefficient (Wildman–Crippen LogP) is 2.71. The average Bonchev–Trinajstić information content (AvgIpc) is 2.39. The summed E-state index contributed by atoms with van der Waals surface area (Å²) >= 11 is 0. The monoisotopic (exact) mass is 268 g/mol. The minimum Gasteiger partial charge on any atom is -0.317 e. The molecule has 2 atom stereocenters. The van der Waals surface area contributed by atoms with Gasteiger partial charge in [0.1, 0.15) is 0 Å². The molecule has 1 fully saturated rings. The molecule has 1 heterocycles. The predicted molar refractivity (Wildman–Crippen MR) is 73.4 cm³/mol. The number of likely N-dealkylation sites (tertiary alicyclic amines) is 1. The van der Waals surface area contributed by atoms with Gasteiger partial charge in [0.2, 0.25) is 0 Å². The van der Waals surface area contributed by atoms with Crippen LogP contribution in [0.1, 0.15) is 18.9 Å². The summed E-state index contributed by atoms with van der Waals surface area (Å²) in [5.41, 5.74) is 0.110. The summed E-state index contributed by atoms with van der Waals surface area (Å²) in [5, 5.41) is 3.25. The van der Waals surface area contributed by atoms with Crippen LogP contribution >= 0.6 is 0 Å². The Kier molecular flexibility index (Phi) is 4.53. The number of hydrogen-bond donors (Lipinski definition) is 1. The second-order valence-electron chi connectivity index (χ2n) is 5.47. The third kappa shape index (κ3) is 3.51. The molecule has 1 saturated heterocycles. The van der Waals surface area contributed by atoms with E-state index in [4.69, 9.17) is 0 Å². The van der Waals surface area contributed by atoms with Crippen molar-refractivity contribution >= 4 is 0 Å². The molecule has 0 bridgehead atoms. The molecule has 0 spiro atoms. The number of halogens is 2. The first kappa shape index (κ1) is 14.4. The third-order valence-electron chi connectivity index (χ3n) is 3.98. The smallest absolute Gasteiger partial charge is 0.285 e. The molecule has 106 valence electrons. The molecule has 0 aromatic heterocycles. The first-order valence-electron chi connectivity index (χ1n) is 6.86. The average molecular weight is 268 g/mol. The van der Waals surface area contributed by atoms with Crippen LogP contribution in [0.25, 0.3) is 0 Å². The maximum atomic E-state index is 14.2. The number of benzene rings is 1. The van der Waals surface area contributed by atoms with E-state index in [1.807, 2.05) is 11.9 Å². The fourth-order valence-electron chi connectivity index (χ4n) is 2.86. The van der Waals surface area contributed by atoms with E-state index in [2.05, 4.69) is 12.2 Å². The van der Waals surface area contributed by atoms with Gasteiger partial charge in [-0.15, -0.1) is 0 Å². The van der Waals surface area contributed by atoms with Crippen molar-refractivity contribution in [3.05, 3.63) is 35.9 Å². The van der Waals surface area contributed by atoms with E-state index in [9.17, 15) is 8.78 Å². The van der Waals surface area contributed by atoms with E-state index in [0.717, 1.165) is 19.5 Å². The van der Waals surface area contributed by atoms with Crippen LogP contribution in [0, 0.1) is 5.92 Å². The van der Waals surface area contributed by atoms with Gasteiger partial charge in [-0.3, -0.25) is 4.90 Å². The van der Waals surface area contributed by atoms with E-state index < -0.39 is 5.92 Å². The van der Waals surface area contributed by atoms with E-state index >= 15 is 0 Å². The van der Waals surface area contributed by atoms with Gasteiger partial charge in [-0.05, 0) is 25.9 Å². The maximum absolute atomic E-state index is 14.2. The van der Waals surface area contributed by atoms with E-state index in [0.29, 0.717) is 12.0 Å². The molecule has 0 aliphatic carbocycles. The van der Waals surface area contributed by atoms with Crippen LogP contribution in [0.2, 0.25) is 0 Å². The molecule has 2 unspecified atom stereocenters. The molecule has 1 N–H and O–H groups in total. The third-order valence-corrected chi connectivity index (χ3v) is 3.98. The summed E-state index contributed by atoms with van der Waals surface area (Å²) in [5.74, 6) is -2.36. The highest BCUT2D eigenvalue weighted by Crippen LogP contribution is 2.30. The number of rotatable bonds is 4. The van der Waals surface area contributed by atoms with Crippen molar-refractivity contribution in [2.24, 2.45) is 5.92 Å². The Labute approximate surface area is 113 Å². The minimum absolute atomic E-state index is 0.110. The second kappa shape index (κ2) is 5.97. The number of piperidine rings is 1. The molecule has 1 aliphatic heterocycles. The summed E-state index contributed by atoms with van der Waals surface area (Å²) < 4.78 is 28.4. The fourth-order valence-corrected chi connectivity index (χ4v) is 2.86. The largest absolute Gasteiger partial charge is 0.317 e. The van der Waals surface area contributed by atoms with Crippen molar-refractivity contribution < 1.29 is 8.78 Å². The van der Waals surface area contributed by atoms with Crippen molar-refractivity contribution in [3.8, 4) is 0 Å². The standard InChI is InChI=1S/C15H22F2N2/c1-12-10-19(9-8-14(12)18-2)11-15(16,17)13-6-4-3-5-7-13/h3-7,12,14,18H,8-11H2,1-2H3. The van der Waals surface area contributed by atoms with Gasteiger partial charge < -0.3 is 5.32 Å². The molecule has 19 heavy (non-hydrogen) atoms. The molecule has 1 aliphatic rings. The molecule has 1 aromatic carbocycles. The minimum atomic E-state index is -2.77. The zero-order valence-electron chi connectivity index (χ0n) is 11.6. The quantitative estimate of drug-likeness (QED) is 0.903. The molecule has 0 saturated carbocycles. The van der Waals surface area contributed by atoms with Crippen LogP contribution < -0.4 is 5.32 Å². The number of hydrogen-bond acceptors (Lipinski definition) is 2. The zero-order valence-corrected chi connectivity index (χ0v) is 11.6. The Balaban J connectivity index is 1.98. The Morgan fingerprint density at radius 2 is 2.00 bits per heavy atom. The number of alkyl halides is 2. The summed E-state index contributed by atoms with van der Waals surface area (Å²) in [6.45, 7) is 3.40. The Morgan fingerprint density at radius 3 is 2.58 bits per heavy atom. The normalized spacial score (nSPS) is 25.5. The number of nitrogens with one attached hydrogen (secondary N) is 1. The van der Waals surface area contributed by atoms with Gasteiger partial charge in [0.05, 0.1) is 6.54 Å². The Bertz CT molecular complexity index is 394. The Morgan fingerprint density at radius 1 is 1.32 bits per heavy atom. The number of nitrogens with zero attached hydrogens (tertiary/aromatic N) is 1. The van der Waals surface area contributed by atoms with Crippen LogP contribution in [0.5, 0.6) is 0 Å². The highest BCUT2D eigenvalue weighted by molar-refractivity contribution is 5.20. The molecule has 0 amide bonds. The van der Waals surface area contributed by atoms with Crippen LogP contribution in [0.15, 0.2) is 30.3 Å². The molecular weight excluding hydrogens is 246 g/mol. The van der Waals surface area contributed by atoms with Gasteiger partial charge in [0, 0.05) is 18.2 Å². The first-order chi connectivity index (χ1) is 9.03.